The Kier molecular flexibility index (Phi) is 10.1. The topological polar surface area (TPSA) is 107 Å². The highest BCUT2D eigenvalue weighted by atomic mass is 35.5. The highest BCUT2D eigenvalue weighted by Gasteiger charge is 2.29. The average Bonchev–Trinajstić information content (AvgIpc) is 3.32. The molecule has 4 rings (SSSR count). The number of carboxylic acid groups (broad SMARTS) is 1. The van der Waals surface area contributed by atoms with Crippen molar-refractivity contribution in [3.63, 3.8) is 0 Å². The highest BCUT2D eigenvalue weighted by Crippen LogP contribution is 2.33. The van der Waals surface area contributed by atoms with Crippen LogP contribution in [0.2, 0.25) is 5.02 Å². The number of fused-ring (bicyclic) bond motifs is 1. The molecule has 0 unspecified atom stereocenters. The summed E-state index contributed by atoms with van der Waals surface area (Å²) < 4.78 is 42.2. The lowest BCUT2D eigenvalue weighted by molar-refractivity contribution is -0.136. The van der Waals surface area contributed by atoms with Crippen LogP contribution in [0, 0.1) is 11.7 Å². The summed E-state index contributed by atoms with van der Waals surface area (Å²) in [7, 11) is -2.55. The number of benzene rings is 3. The number of likely N-dealkylation sites (N-methyl/N-ethyl adjacent to an activating group) is 1. The minimum Gasteiger partial charge on any atom is -0.481 e. The average molecular weight is 617 g/mol. The molecule has 0 saturated heterocycles. The first kappa shape index (κ1) is 32.1. The van der Waals surface area contributed by atoms with E-state index in [1.807, 2.05) is 0 Å². The number of carbonyl (C=O) groups is 1. The molecule has 42 heavy (non-hydrogen) atoms. The van der Waals surface area contributed by atoms with E-state index in [0.717, 1.165) is 23.6 Å². The van der Waals surface area contributed by atoms with Crippen LogP contribution in [-0.4, -0.2) is 60.7 Å². The van der Waals surface area contributed by atoms with Gasteiger partial charge in [0, 0.05) is 42.7 Å². The number of aliphatic hydroxyl groups is 1. The Morgan fingerprint density at radius 2 is 1.79 bits per heavy atom. The van der Waals surface area contributed by atoms with Crippen molar-refractivity contribution >= 4 is 27.6 Å². The Bertz CT molecular complexity index is 1520. The number of carboxylic acids is 1. The van der Waals surface area contributed by atoms with Crippen LogP contribution >= 0.6 is 11.6 Å². The van der Waals surface area contributed by atoms with Crippen molar-refractivity contribution in [3.8, 4) is 11.1 Å². The second-order valence-corrected chi connectivity index (χ2v) is 14.2. The van der Waals surface area contributed by atoms with Crippen LogP contribution in [0.4, 0.5) is 4.39 Å². The van der Waals surface area contributed by atoms with Gasteiger partial charge in [-0.2, -0.15) is 4.31 Å². The maximum absolute atomic E-state index is 14.5. The number of rotatable bonds is 13. The molecule has 0 fully saturated rings. The molecule has 0 bridgehead atoms. The summed E-state index contributed by atoms with van der Waals surface area (Å²) in [5.74, 6) is -1.05. The number of β-amino-alcohol motifs (C(OH)–C–C–N with tert-alkyl or cyclic N) is 1. The second-order valence-electron chi connectivity index (χ2n) is 11.8. The van der Waals surface area contributed by atoms with Crippen molar-refractivity contribution in [1.82, 2.24) is 9.62 Å². The quantitative estimate of drug-likeness (QED) is 0.240. The lowest BCUT2D eigenvalue weighted by Crippen LogP contribution is -2.47. The van der Waals surface area contributed by atoms with E-state index in [4.69, 9.17) is 16.7 Å². The summed E-state index contributed by atoms with van der Waals surface area (Å²) in [5.41, 5.74) is 3.73. The van der Waals surface area contributed by atoms with E-state index < -0.39 is 27.9 Å². The van der Waals surface area contributed by atoms with Crippen molar-refractivity contribution in [2.45, 2.75) is 62.5 Å². The third kappa shape index (κ3) is 7.96. The molecule has 3 aromatic rings. The van der Waals surface area contributed by atoms with Crippen LogP contribution in [0.25, 0.3) is 11.1 Å². The zero-order chi connectivity index (χ0) is 30.7. The van der Waals surface area contributed by atoms with Crippen LogP contribution in [0.5, 0.6) is 0 Å². The third-order valence-electron chi connectivity index (χ3n) is 7.84. The number of hydrogen-bond donors (Lipinski definition) is 3. The van der Waals surface area contributed by atoms with Crippen LogP contribution in [0.3, 0.4) is 0 Å². The van der Waals surface area contributed by atoms with Gasteiger partial charge in [-0.3, -0.25) is 4.79 Å². The van der Waals surface area contributed by atoms with Gasteiger partial charge in [-0.05, 0) is 85.9 Å². The zero-order valence-corrected chi connectivity index (χ0v) is 25.7. The first-order valence-electron chi connectivity index (χ1n) is 14.0. The molecule has 1 aliphatic rings. The monoisotopic (exact) mass is 616 g/mol. The molecule has 3 aromatic carbocycles. The van der Waals surface area contributed by atoms with Crippen molar-refractivity contribution in [1.29, 1.82) is 0 Å². The van der Waals surface area contributed by atoms with Gasteiger partial charge in [0.1, 0.15) is 5.82 Å². The summed E-state index contributed by atoms with van der Waals surface area (Å²) in [6.07, 6.45) is 1.96. The number of hydrogen-bond acceptors (Lipinski definition) is 5. The largest absolute Gasteiger partial charge is 0.481 e. The summed E-state index contributed by atoms with van der Waals surface area (Å²) in [5, 5.41) is 23.1. The standard InChI is InChI=1S/C32H38ClFN2O5S/c1-32(2,18-21-14-23-6-4-5-7-24(23)15-21)35-19-26(37)20-36(3)42(40,41)27-11-12-28(29(33)17-27)25-9-8-22(30(34)16-25)10-13-31(38)39/h4-9,11-12,16-17,21,26,35,37H,10,13-15,18-20H2,1-3H3,(H,38,39)/t26-/m1/s1. The number of sulfonamides is 1. The van der Waals surface area contributed by atoms with Gasteiger partial charge in [-0.25, -0.2) is 12.8 Å². The number of aryl methyl sites for hydroxylation is 1. The van der Waals surface area contributed by atoms with Crippen molar-refractivity contribution in [2.75, 3.05) is 20.1 Å². The highest BCUT2D eigenvalue weighted by molar-refractivity contribution is 7.89. The fourth-order valence-corrected chi connectivity index (χ4v) is 7.26. The molecule has 0 aliphatic heterocycles. The minimum absolute atomic E-state index is 0.0430. The Morgan fingerprint density at radius 3 is 2.38 bits per heavy atom. The predicted molar refractivity (Wildman–Crippen MR) is 163 cm³/mol. The first-order chi connectivity index (χ1) is 19.7. The van der Waals surface area contributed by atoms with E-state index in [1.165, 1.54) is 48.5 Å². The fraction of sp³-hybridized carbons (Fsp3) is 0.406. The molecular weight excluding hydrogens is 579 g/mol. The van der Waals surface area contributed by atoms with Gasteiger partial charge >= 0.3 is 5.97 Å². The van der Waals surface area contributed by atoms with Crippen LogP contribution in [0.1, 0.15) is 43.4 Å². The normalized spacial score (nSPS) is 14.7. The molecule has 1 atom stereocenters. The van der Waals surface area contributed by atoms with E-state index in [-0.39, 0.29) is 47.0 Å². The number of aliphatic carboxylic acids is 1. The van der Waals surface area contributed by atoms with E-state index in [0.29, 0.717) is 17.0 Å². The fourth-order valence-electron chi connectivity index (χ4n) is 5.67. The molecule has 1 aliphatic carbocycles. The smallest absolute Gasteiger partial charge is 0.303 e. The van der Waals surface area contributed by atoms with Gasteiger partial charge in [0.05, 0.1) is 11.0 Å². The van der Waals surface area contributed by atoms with E-state index in [1.54, 1.807) is 6.07 Å². The van der Waals surface area contributed by atoms with Crippen LogP contribution in [0.15, 0.2) is 65.6 Å². The maximum Gasteiger partial charge on any atom is 0.303 e. The molecule has 0 aromatic heterocycles. The van der Waals surface area contributed by atoms with Gasteiger partial charge in [-0.15, -0.1) is 0 Å². The Labute approximate surface area is 252 Å². The SMILES string of the molecule is CN(C[C@H](O)CNC(C)(C)CC1Cc2ccccc2C1)S(=O)(=O)c1ccc(-c2ccc(CCC(=O)O)c(F)c2)c(Cl)c1. The Hall–Kier alpha value is -2.82. The molecule has 0 spiro atoms. The summed E-state index contributed by atoms with van der Waals surface area (Å²) >= 11 is 6.43. The summed E-state index contributed by atoms with van der Waals surface area (Å²) in [4.78, 5) is 10.7. The second kappa shape index (κ2) is 13.2. The molecule has 0 amide bonds. The summed E-state index contributed by atoms with van der Waals surface area (Å²) in [6.45, 7) is 4.33. The van der Waals surface area contributed by atoms with Crippen molar-refractivity contribution in [3.05, 3.63) is 88.2 Å². The first-order valence-corrected chi connectivity index (χ1v) is 15.8. The lowest BCUT2D eigenvalue weighted by atomic mass is 9.88. The number of nitrogens with zero attached hydrogens (tertiary/aromatic N) is 1. The third-order valence-corrected chi connectivity index (χ3v) is 9.97. The van der Waals surface area contributed by atoms with Gasteiger partial charge in [0.2, 0.25) is 10.0 Å². The maximum atomic E-state index is 14.5. The molecule has 0 heterocycles. The Balaban J connectivity index is 1.34. The molecule has 0 saturated carbocycles. The van der Waals surface area contributed by atoms with Gasteiger partial charge in [0.15, 0.2) is 0 Å². The molecule has 10 heteroatoms. The Morgan fingerprint density at radius 1 is 1.12 bits per heavy atom. The van der Waals surface area contributed by atoms with Gasteiger partial charge in [-0.1, -0.05) is 54.1 Å². The molecule has 0 radical (unpaired) electrons. The number of nitrogens with one attached hydrogen (secondary N) is 1. The van der Waals surface area contributed by atoms with Crippen LogP contribution < -0.4 is 5.32 Å². The van der Waals surface area contributed by atoms with E-state index in [9.17, 15) is 22.7 Å². The minimum atomic E-state index is -3.96. The van der Waals surface area contributed by atoms with Gasteiger partial charge in [0.25, 0.3) is 0 Å². The van der Waals surface area contributed by atoms with E-state index >= 15 is 0 Å². The lowest BCUT2D eigenvalue weighted by Gasteiger charge is -2.31. The molecule has 7 nitrogen and oxygen atoms in total. The van der Waals surface area contributed by atoms with Crippen LogP contribution in [-0.2, 0) is 34.1 Å². The molecular formula is C32H38ClFN2O5S. The molecule has 226 valence electrons. The van der Waals surface area contributed by atoms with Gasteiger partial charge < -0.3 is 15.5 Å². The number of halogens is 2. The summed E-state index contributed by atoms with van der Waals surface area (Å²) in [6, 6.07) is 17.1. The zero-order valence-electron chi connectivity index (χ0n) is 24.1. The number of aliphatic hydroxyl groups excluding tert-OH is 1. The van der Waals surface area contributed by atoms with Crippen molar-refractivity contribution < 1.29 is 27.8 Å². The van der Waals surface area contributed by atoms with E-state index in [2.05, 4.69) is 43.4 Å². The van der Waals surface area contributed by atoms with Crippen molar-refractivity contribution in [2.24, 2.45) is 5.92 Å². The molecule has 3 N–H and O–H groups in total. The predicted octanol–water partition coefficient (Wildman–Crippen LogP) is 5.32.